The minimum absolute atomic E-state index is 0.0233. The summed E-state index contributed by atoms with van der Waals surface area (Å²) in [5, 5.41) is 0. The average Bonchev–Trinajstić information content (AvgIpc) is 3.65. The summed E-state index contributed by atoms with van der Waals surface area (Å²) in [6.07, 6.45) is 4.07. The van der Waals surface area contributed by atoms with Crippen molar-refractivity contribution < 1.29 is 9.59 Å². The van der Waals surface area contributed by atoms with Gasteiger partial charge in [-0.3, -0.25) is 9.59 Å². The fraction of sp³-hybridized carbons (Fsp3) is 0.0476. The van der Waals surface area contributed by atoms with Crippen molar-refractivity contribution in [3.05, 3.63) is 180 Å². The number of nitrogens with zero attached hydrogens (tertiary/aromatic N) is 2. The smallest absolute Gasteiger partial charge is 0.195 e. The summed E-state index contributed by atoms with van der Waals surface area (Å²) in [4.78, 5) is 28.2. The van der Waals surface area contributed by atoms with Gasteiger partial charge in [-0.2, -0.15) is 0 Å². The lowest BCUT2D eigenvalue weighted by atomic mass is 9.92. The minimum Gasteiger partial charge on any atom is -0.349 e. The number of hydrogen-bond acceptors (Lipinski definition) is 2. The SMILES string of the molecule is Cn1cc(-c2ccccc2)c(C(=O)c2ccccc2)c1-c1ccc(-c2c(C(=O)c3ccccc3)c(-c3ccccc3)cn2C)cc1. The van der Waals surface area contributed by atoms with Gasteiger partial charge in [-0.15, -0.1) is 0 Å². The van der Waals surface area contributed by atoms with Gasteiger partial charge in [-0.1, -0.05) is 146 Å². The van der Waals surface area contributed by atoms with E-state index in [1.165, 1.54) is 0 Å². The summed E-state index contributed by atoms with van der Waals surface area (Å²) in [6.45, 7) is 0. The highest BCUT2D eigenvalue weighted by atomic mass is 16.1. The molecule has 0 saturated heterocycles. The van der Waals surface area contributed by atoms with Crippen LogP contribution in [0.4, 0.5) is 0 Å². The van der Waals surface area contributed by atoms with Gasteiger partial charge >= 0.3 is 0 Å². The van der Waals surface area contributed by atoms with E-state index >= 15 is 0 Å². The van der Waals surface area contributed by atoms with E-state index in [2.05, 4.69) is 0 Å². The van der Waals surface area contributed by atoms with Crippen LogP contribution in [0.2, 0.25) is 0 Å². The molecule has 7 aromatic rings. The van der Waals surface area contributed by atoms with Crippen molar-refractivity contribution in [2.45, 2.75) is 0 Å². The Bertz CT molecular complexity index is 2000. The zero-order valence-electron chi connectivity index (χ0n) is 25.7. The van der Waals surface area contributed by atoms with Gasteiger partial charge in [-0.25, -0.2) is 0 Å². The van der Waals surface area contributed by atoms with Crippen LogP contribution in [0.1, 0.15) is 31.8 Å². The Morgan fingerprint density at radius 1 is 0.391 bits per heavy atom. The van der Waals surface area contributed by atoms with Gasteiger partial charge in [0.05, 0.1) is 22.5 Å². The summed E-state index contributed by atoms with van der Waals surface area (Å²) >= 11 is 0. The van der Waals surface area contributed by atoms with E-state index in [4.69, 9.17) is 0 Å². The van der Waals surface area contributed by atoms with Crippen molar-refractivity contribution in [1.29, 1.82) is 0 Å². The zero-order valence-corrected chi connectivity index (χ0v) is 25.7. The molecule has 2 aromatic heterocycles. The van der Waals surface area contributed by atoms with Crippen molar-refractivity contribution in [3.63, 3.8) is 0 Å². The monoisotopic (exact) mass is 596 g/mol. The highest BCUT2D eigenvalue weighted by Gasteiger charge is 2.26. The van der Waals surface area contributed by atoms with Crippen molar-refractivity contribution >= 4 is 11.6 Å². The molecular weight excluding hydrogens is 564 g/mol. The van der Waals surface area contributed by atoms with Gasteiger partial charge < -0.3 is 9.13 Å². The maximum Gasteiger partial charge on any atom is 0.195 e. The third kappa shape index (κ3) is 5.20. The lowest BCUT2D eigenvalue weighted by molar-refractivity contribution is 0.103. The summed E-state index contributed by atoms with van der Waals surface area (Å²) < 4.78 is 4.07. The lowest BCUT2D eigenvalue weighted by Crippen LogP contribution is -2.06. The maximum absolute atomic E-state index is 14.1. The van der Waals surface area contributed by atoms with E-state index in [-0.39, 0.29) is 11.6 Å². The Kier molecular flexibility index (Phi) is 7.61. The molecule has 0 spiro atoms. The highest BCUT2D eigenvalue weighted by molar-refractivity contribution is 6.18. The number of carbonyl (C=O) groups excluding carboxylic acids is 2. The van der Waals surface area contributed by atoms with Crippen LogP contribution in [0.5, 0.6) is 0 Å². The summed E-state index contributed by atoms with van der Waals surface area (Å²) in [5.74, 6) is -0.0466. The number of benzene rings is 5. The fourth-order valence-corrected chi connectivity index (χ4v) is 6.34. The van der Waals surface area contributed by atoms with Gasteiger partial charge in [0.2, 0.25) is 0 Å². The van der Waals surface area contributed by atoms with Crippen molar-refractivity contribution in [1.82, 2.24) is 9.13 Å². The molecule has 0 amide bonds. The number of hydrogen-bond donors (Lipinski definition) is 0. The topological polar surface area (TPSA) is 44.0 Å². The Labute approximate surface area is 268 Å². The normalized spacial score (nSPS) is 11.0. The van der Waals surface area contributed by atoms with Gasteiger partial charge in [-0.05, 0) is 22.3 Å². The molecule has 222 valence electrons. The molecule has 0 radical (unpaired) electrons. The number of aryl methyl sites for hydroxylation is 2. The standard InChI is InChI=1S/C42H32N2O2/c1-43-27-35(29-15-7-3-8-16-29)37(41(45)33-19-11-5-12-20-33)39(43)31-23-25-32(26-24-31)40-38(42(46)34-21-13-6-14-22-34)36(28-44(40)2)30-17-9-4-10-18-30/h3-28H,1-2H3. The molecule has 0 bridgehead atoms. The number of rotatable bonds is 8. The van der Waals surface area contributed by atoms with Crippen LogP contribution in [0.15, 0.2) is 158 Å². The Hall–Kier alpha value is -6.00. The molecule has 0 fully saturated rings. The summed E-state index contributed by atoms with van der Waals surface area (Å²) in [7, 11) is 3.97. The predicted molar refractivity (Wildman–Crippen MR) is 186 cm³/mol. The first-order valence-electron chi connectivity index (χ1n) is 15.3. The molecule has 46 heavy (non-hydrogen) atoms. The highest BCUT2D eigenvalue weighted by Crippen LogP contribution is 2.39. The van der Waals surface area contributed by atoms with E-state index in [9.17, 15) is 9.59 Å². The van der Waals surface area contributed by atoms with E-state index in [1.807, 2.05) is 181 Å². The fourth-order valence-electron chi connectivity index (χ4n) is 6.34. The van der Waals surface area contributed by atoms with Gasteiger partial charge in [0.25, 0.3) is 0 Å². The first kappa shape index (κ1) is 28.8. The molecule has 7 rings (SSSR count). The molecular formula is C42H32N2O2. The van der Waals surface area contributed by atoms with Crippen LogP contribution in [0.25, 0.3) is 44.8 Å². The summed E-state index contributed by atoms with van der Waals surface area (Å²) in [5.41, 5.74) is 9.90. The Balaban J connectivity index is 1.37. The third-order valence-electron chi connectivity index (χ3n) is 8.49. The van der Waals surface area contributed by atoms with Gasteiger partial charge in [0.15, 0.2) is 11.6 Å². The van der Waals surface area contributed by atoms with E-state index in [0.29, 0.717) is 22.3 Å². The molecule has 0 aliphatic carbocycles. The second kappa shape index (κ2) is 12.2. The molecule has 0 aliphatic heterocycles. The minimum atomic E-state index is -0.0233. The lowest BCUT2D eigenvalue weighted by Gasteiger charge is -2.12. The molecule has 4 nitrogen and oxygen atoms in total. The van der Waals surface area contributed by atoms with Crippen LogP contribution in [0, 0.1) is 0 Å². The molecule has 5 aromatic carbocycles. The first-order valence-corrected chi connectivity index (χ1v) is 15.3. The number of aromatic nitrogens is 2. The predicted octanol–water partition coefficient (Wildman–Crippen LogP) is 9.49. The molecule has 0 unspecified atom stereocenters. The molecule has 0 atom stereocenters. The third-order valence-corrected chi connectivity index (χ3v) is 8.49. The second-order valence-corrected chi connectivity index (χ2v) is 11.5. The van der Waals surface area contributed by atoms with Crippen molar-refractivity contribution in [2.24, 2.45) is 14.1 Å². The van der Waals surface area contributed by atoms with Crippen LogP contribution in [-0.4, -0.2) is 20.7 Å². The van der Waals surface area contributed by atoms with Gasteiger partial charge in [0.1, 0.15) is 0 Å². The molecule has 0 saturated carbocycles. The largest absolute Gasteiger partial charge is 0.349 e. The average molecular weight is 597 g/mol. The van der Waals surface area contributed by atoms with Gasteiger partial charge in [0, 0.05) is 48.7 Å². The number of carbonyl (C=O) groups is 2. The molecule has 4 heteroatoms. The van der Waals surface area contributed by atoms with Crippen molar-refractivity contribution in [3.8, 4) is 44.8 Å². The number of ketones is 2. The van der Waals surface area contributed by atoms with Crippen molar-refractivity contribution in [2.75, 3.05) is 0 Å². The summed E-state index contributed by atoms with van der Waals surface area (Å²) in [6, 6.07) is 47.1. The van der Waals surface area contributed by atoms with Crippen LogP contribution < -0.4 is 0 Å². The van der Waals surface area contributed by atoms with Crippen LogP contribution in [-0.2, 0) is 14.1 Å². The van der Waals surface area contributed by atoms with Crippen LogP contribution in [0.3, 0.4) is 0 Å². The Morgan fingerprint density at radius 2 is 0.696 bits per heavy atom. The molecule has 2 heterocycles. The second-order valence-electron chi connectivity index (χ2n) is 11.5. The van der Waals surface area contributed by atoms with E-state index < -0.39 is 0 Å². The quantitative estimate of drug-likeness (QED) is 0.164. The van der Waals surface area contributed by atoms with E-state index in [1.54, 1.807) is 0 Å². The van der Waals surface area contributed by atoms with Crippen LogP contribution >= 0.6 is 0 Å². The maximum atomic E-state index is 14.1. The molecule has 0 aliphatic rings. The first-order chi connectivity index (χ1) is 22.5. The zero-order chi connectivity index (χ0) is 31.6. The molecule has 0 N–H and O–H groups in total. The Morgan fingerprint density at radius 3 is 1.02 bits per heavy atom. The van der Waals surface area contributed by atoms with E-state index in [0.717, 1.165) is 44.8 Å².